The van der Waals surface area contributed by atoms with E-state index >= 15 is 0 Å². The fraction of sp³-hybridized carbons (Fsp3) is 0.333. The summed E-state index contributed by atoms with van der Waals surface area (Å²) in [5.41, 5.74) is 0. The van der Waals surface area contributed by atoms with Crippen molar-refractivity contribution in [1.82, 2.24) is 4.31 Å². The van der Waals surface area contributed by atoms with E-state index in [-0.39, 0.29) is 0 Å². The zero-order valence-electron chi connectivity index (χ0n) is 11.5. The van der Waals surface area contributed by atoms with Gasteiger partial charge in [-0.1, -0.05) is 37.6 Å². The molecule has 3 nitrogen and oxygen atoms in total. The van der Waals surface area contributed by atoms with Crippen molar-refractivity contribution in [3.8, 4) is 0 Å². The van der Waals surface area contributed by atoms with E-state index in [2.05, 4.69) is 6.92 Å². The van der Waals surface area contributed by atoms with Crippen LogP contribution in [0.4, 0.5) is 0 Å². The summed E-state index contributed by atoms with van der Waals surface area (Å²) in [4.78, 5) is 1.44. The lowest BCUT2D eigenvalue weighted by Crippen LogP contribution is -2.31. The zero-order valence-corrected chi connectivity index (χ0v) is 13.2. The molecule has 1 aromatic heterocycles. The van der Waals surface area contributed by atoms with Gasteiger partial charge in [-0.05, 0) is 30.0 Å². The Balaban J connectivity index is 2.25. The summed E-state index contributed by atoms with van der Waals surface area (Å²) in [6, 6.07) is 12.6. The SMILES string of the molecule is CCCCN(Cc1cccs1)S(=O)(=O)c1ccccc1. The summed E-state index contributed by atoms with van der Waals surface area (Å²) in [6.45, 7) is 3.08. The van der Waals surface area contributed by atoms with Crippen molar-refractivity contribution in [1.29, 1.82) is 0 Å². The second kappa shape index (κ2) is 7.02. The van der Waals surface area contributed by atoms with E-state index in [4.69, 9.17) is 0 Å². The summed E-state index contributed by atoms with van der Waals surface area (Å²) in [5.74, 6) is 0. The molecule has 0 N–H and O–H groups in total. The van der Waals surface area contributed by atoms with E-state index in [0.717, 1.165) is 17.7 Å². The quantitative estimate of drug-likeness (QED) is 0.781. The largest absolute Gasteiger partial charge is 0.243 e. The van der Waals surface area contributed by atoms with Gasteiger partial charge in [-0.3, -0.25) is 0 Å². The van der Waals surface area contributed by atoms with Crippen LogP contribution in [0, 0.1) is 0 Å². The molecule has 0 aliphatic rings. The average molecular weight is 309 g/mol. The van der Waals surface area contributed by atoms with Gasteiger partial charge < -0.3 is 0 Å². The maximum absolute atomic E-state index is 12.7. The lowest BCUT2D eigenvalue weighted by atomic mass is 10.3. The molecule has 0 aliphatic carbocycles. The van der Waals surface area contributed by atoms with Crippen LogP contribution in [0.25, 0.3) is 0 Å². The van der Waals surface area contributed by atoms with Gasteiger partial charge >= 0.3 is 0 Å². The number of nitrogens with zero attached hydrogens (tertiary/aromatic N) is 1. The lowest BCUT2D eigenvalue weighted by Gasteiger charge is -2.21. The highest BCUT2D eigenvalue weighted by Gasteiger charge is 2.24. The lowest BCUT2D eigenvalue weighted by molar-refractivity contribution is 0.400. The molecule has 0 radical (unpaired) electrons. The van der Waals surface area contributed by atoms with Crippen LogP contribution in [0.5, 0.6) is 0 Å². The van der Waals surface area contributed by atoms with Crippen molar-refractivity contribution in [3.05, 3.63) is 52.7 Å². The third-order valence-electron chi connectivity index (χ3n) is 3.05. The molecule has 0 amide bonds. The minimum absolute atomic E-state index is 0.368. The first-order valence-electron chi connectivity index (χ1n) is 6.72. The van der Waals surface area contributed by atoms with Gasteiger partial charge in [0.2, 0.25) is 10.0 Å². The van der Waals surface area contributed by atoms with Gasteiger partial charge in [0.25, 0.3) is 0 Å². The summed E-state index contributed by atoms with van der Waals surface area (Å²) >= 11 is 1.59. The topological polar surface area (TPSA) is 37.4 Å². The highest BCUT2D eigenvalue weighted by atomic mass is 32.2. The van der Waals surface area contributed by atoms with Gasteiger partial charge in [-0.15, -0.1) is 11.3 Å². The molecule has 1 aromatic carbocycles. The maximum Gasteiger partial charge on any atom is 0.243 e. The van der Waals surface area contributed by atoms with Crippen LogP contribution in [-0.2, 0) is 16.6 Å². The van der Waals surface area contributed by atoms with Crippen LogP contribution in [0.3, 0.4) is 0 Å². The van der Waals surface area contributed by atoms with Gasteiger partial charge in [-0.2, -0.15) is 4.31 Å². The fourth-order valence-electron chi connectivity index (χ4n) is 1.94. The Hall–Kier alpha value is -1.17. The van der Waals surface area contributed by atoms with Crippen molar-refractivity contribution < 1.29 is 8.42 Å². The summed E-state index contributed by atoms with van der Waals surface area (Å²) in [5, 5.41) is 1.97. The number of thiophene rings is 1. The van der Waals surface area contributed by atoms with Crippen LogP contribution < -0.4 is 0 Å². The Morgan fingerprint density at radius 2 is 1.85 bits per heavy atom. The highest BCUT2D eigenvalue weighted by Crippen LogP contribution is 2.20. The Bertz CT molecular complexity index is 607. The first kappa shape index (κ1) is 15.2. The van der Waals surface area contributed by atoms with Crippen LogP contribution in [0.1, 0.15) is 24.6 Å². The zero-order chi connectivity index (χ0) is 14.4. The van der Waals surface area contributed by atoms with Crippen molar-refractivity contribution in [2.45, 2.75) is 31.2 Å². The van der Waals surface area contributed by atoms with Gasteiger partial charge in [-0.25, -0.2) is 8.42 Å². The molecule has 0 fully saturated rings. The molecule has 108 valence electrons. The van der Waals surface area contributed by atoms with Crippen LogP contribution in [-0.4, -0.2) is 19.3 Å². The Labute approximate surface area is 124 Å². The molecular formula is C15H19NO2S2. The molecule has 1 heterocycles. The molecule has 0 saturated carbocycles. The number of hydrogen-bond acceptors (Lipinski definition) is 3. The number of hydrogen-bond donors (Lipinski definition) is 0. The minimum Gasteiger partial charge on any atom is -0.207 e. The molecule has 0 spiro atoms. The van der Waals surface area contributed by atoms with Crippen molar-refractivity contribution >= 4 is 21.4 Å². The van der Waals surface area contributed by atoms with E-state index in [1.807, 2.05) is 23.6 Å². The predicted octanol–water partition coefficient (Wildman–Crippen LogP) is 3.74. The second-order valence-electron chi connectivity index (χ2n) is 4.58. The van der Waals surface area contributed by atoms with E-state index in [9.17, 15) is 8.42 Å². The third-order valence-corrected chi connectivity index (χ3v) is 5.77. The van der Waals surface area contributed by atoms with Crippen molar-refractivity contribution in [3.63, 3.8) is 0 Å². The molecule has 2 rings (SSSR count). The van der Waals surface area contributed by atoms with E-state index in [0.29, 0.717) is 18.0 Å². The number of rotatable bonds is 7. The van der Waals surface area contributed by atoms with E-state index in [1.165, 1.54) is 0 Å². The smallest absolute Gasteiger partial charge is 0.207 e. The molecule has 0 unspecified atom stereocenters. The molecule has 0 bridgehead atoms. The Kier molecular flexibility index (Phi) is 5.34. The first-order chi connectivity index (χ1) is 9.64. The van der Waals surface area contributed by atoms with Gasteiger partial charge in [0.05, 0.1) is 4.90 Å². The summed E-state index contributed by atoms with van der Waals surface area (Å²) in [6.07, 6.45) is 1.85. The molecule has 5 heteroatoms. The predicted molar refractivity (Wildman–Crippen MR) is 83.3 cm³/mol. The number of unbranched alkanes of at least 4 members (excludes halogenated alkanes) is 1. The Morgan fingerprint density at radius 3 is 2.45 bits per heavy atom. The first-order valence-corrected chi connectivity index (χ1v) is 9.04. The van der Waals surface area contributed by atoms with Crippen LogP contribution >= 0.6 is 11.3 Å². The third kappa shape index (κ3) is 3.69. The van der Waals surface area contributed by atoms with E-state index in [1.54, 1.807) is 39.9 Å². The fourth-order valence-corrected chi connectivity index (χ4v) is 4.22. The normalized spacial score (nSPS) is 11.9. The Morgan fingerprint density at radius 1 is 1.10 bits per heavy atom. The average Bonchev–Trinajstić information content (AvgIpc) is 2.97. The molecule has 0 atom stereocenters. The second-order valence-corrected chi connectivity index (χ2v) is 7.55. The van der Waals surface area contributed by atoms with Gasteiger partial charge in [0.1, 0.15) is 0 Å². The van der Waals surface area contributed by atoms with E-state index < -0.39 is 10.0 Å². The van der Waals surface area contributed by atoms with Crippen molar-refractivity contribution in [2.75, 3.05) is 6.54 Å². The molecular weight excluding hydrogens is 290 g/mol. The molecule has 0 saturated heterocycles. The van der Waals surface area contributed by atoms with Crippen LogP contribution in [0.2, 0.25) is 0 Å². The number of sulfonamides is 1. The minimum atomic E-state index is -3.41. The molecule has 2 aromatic rings. The highest BCUT2D eigenvalue weighted by molar-refractivity contribution is 7.89. The maximum atomic E-state index is 12.7. The van der Waals surface area contributed by atoms with Gasteiger partial charge in [0.15, 0.2) is 0 Å². The van der Waals surface area contributed by atoms with Gasteiger partial charge in [0, 0.05) is 18.0 Å². The van der Waals surface area contributed by atoms with Crippen LogP contribution in [0.15, 0.2) is 52.7 Å². The summed E-state index contributed by atoms with van der Waals surface area (Å²) < 4.78 is 27.0. The molecule has 0 aliphatic heterocycles. The monoisotopic (exact) mass is 309 g/mol. The molecule has 20 heavy (non-hydrogen) atoms. The number of benzene rings is 1. The summed E-state index contributed by atoms with van der Waals surface area (Å²) in [7, 11) is -3.41. The van der Waals surface area contributed by atoms with Crippen molar-refractivity contribution in [2.24, 2.45) is 0 Å². The standard InChI is InChI=1S/C15H19NO2S2/c1-2-3-11-16(13-14-8-7-12-19-14)20(17,18)15-9-5-4-6-10-15/h4-10,12H,2-3,11,13H2,1H3.